The van der Waals surface area contributed by atoms with Gasteiger partial charge in [-0.15, -0.1) is 0 Å². The van der Waals surface area contributed by atoms with Crippen molar-refractivity contribution in [3.05, 3.63) is 29.8 Å². The van der Waals surface area contributed by atoms with Crippen molar-refractivity contribution in [1.82, 2.24) is 0 Å². The molecule has 1 nitrogen and oxygen atoms in total. The molecule has 0 amide bonds. The van der Waals surface area contributed by atoms with Crippen LogP contribution in [0, 0.1) is 5.92 Å². The van der Waals surface area contributed by atoms with E-state index in [1.54, 1.807) is 7.11 Å². The second-order valence-corrected chi connectivity index (χ2v) is 4.54. The van der Waals surface area contributed by atoms with Gasteiger partial charge in [-0.25, -0.2) is 0 Å². The van der Waals surface area contributed by atoms with E-state index in [4.69, 9.17) is 4.74 Å². The molecular formula is C14H20O. The van der Waals surface area contributed by atoms with Crippen LogP contribution in [-0.4, -0.2) is 7.11 Å². The highest BCUT2D eigenvalue weighted by molar-refractivity contribution is 5.27. The summed E-state index contributed by atoms with van der Waals surface area (Å²) < 4.78 is 5.14. The Hall–Kier alpha value is -0.980. The number of hydrogen-bond acceptors (Lipinski definition) is 1. The van der Waals surface area contributed by atoms with E-state index in [-0.39, 0.29) is 0 Å². The summed E-state index contributed by atoms with van der Waals surface area (Å²) >= 11 is 0. The Labute approximate surface area is 92.5 Å². The van der Waals surface area contributed by atoms with Gasteiger partial charge in [-0.05, 0) is 36.5 Å². The van der Waals surface area contributed by atoms with Crippen LogP contribution in [0.1, 0.15) is 37.7 Å². The van der Waals surface area contributed by atoms with Crippen LogP contribution < -0.4 is 4.74 Å². The molecule has 0 unspecified atom stereocenters. The Morgan fingerprint density at radius 2 is 1.93 bits per heavy atom. The van der Waals surface area contributed by atoms with E-state index in [2.05, 4.69) is 24.3 Å². The van der Waals surface area contributed by atoms with Crippen molar-refractivity contribution in [3.63, 3.8) is 0 Å². The number of ether oxygens (including phenoxy) is 1. The van der Waals surface area contributed by atoms with Crippen molar-refractivity contribution >= 4 is 0 Å². The summed E-state index contributed by atoms with van der Waals surface area (Å²) in [7, 11) is 1.71. The van der Waals surface area contributed by atoms with Gasteiger partial charge in [-0.3, -0.25) is 0 Å². The lowest BCUT2D eigenvalue weighted by molar-refractivity contribution is 0.290. The van der Waals surface area contributed by atoms with Gasteiger partial charge < -0.3 is 4.74 Å². The van der Waals surface area contributed by atoms with Crippen molar-refractivity contribution in [3.8, 4) is 5.75 Å². The molecule has 2 rings (SSSR count). The summed E-state index contributed by atoms with van der Waals surface area (Å²) in [6.07, 6.45) is 8.40. The molecule has 0 bridgehead atoms. The van der Waals surface area contributed by atoms with Crippen LogP contribution in [0.3, 0.4) is 0 Å². The largest absolute Gasteiger partial charge is 0.497 e. The van der Waals surface area contributed by atoms with E-state index in [0.717, 1.165) is 11.7 Å². The second-order valence-electron chi connectivity index (χ2n) is 4.54. The first-order chi connectivity index (χ1) is 7.38. The van der Waals surface area contributed by atoms with Gasteiger partial charge in [0.05, 0.1) is 7.11 Å². The lowest BCUT2D eigenvalue weighted by Crippen LogP contribution is -2.10. The van der Waals surface area contributed by atoms with E-state index in [1.165, 1.54) is 44.1 Å². The standard InChI is InChI=1S/C14H20O/c1-15-14-10-8-13(9-11-14)7-3-6-12-4-2-5-12/h8-12H,2-7H2,1H3. The van der Waals surface area contributed by atoms with Crippen molar-refractivity contribution in [2.75, 3.05) is 7.11 Å². The SMILES string of the molecule is COc1ccc(CCCC2CCC2)cc1. The summed E-state index contributed by atoms with van der Waals surface area (Å²) in [5, 5.41) is 0. The van der Waals surface area contributed by atoms with Gasteiger partial charge in [0, 0.05) is 0 Å². The fraction of sp³-hybridized carbons (Fsp3) is 0.571. The molecule has 0 N–H and O–H groups in total. The first kappa shape index (κ1) is 10.5. The molecule has 82 valence electrons. The summed E-state index contributed by atoms with van der Waals surface area (Å²) in [5.74, 6) is 2.00. The van der Waals surface area contributed by atoms with Crippen molar-refractivity contribution in [1.29, 1.82) is 0 Å². The minimum atomic E-state index is 0.956. The maximum atomic E-state index is 5.14. The maximum absolute atomic E-state index is 5.14. The van der Waals surface area contributed by atoms with Gasteiger partial charge >= 0.3 is 0 Å². The molecular weight excluding hydrogens is 184 g/mol. The highest BCUT2D eigenvalue weighted by Gasteiger charge is 2.16. The van der Waals surface area contributed by atoms with Crippen LogP contribution >= 0.6 is 0 Å². The third kappa shape index (κ3) is 2.98. The number of aryl methyl sites for hydroxylation is 1. The average molecular weight is 204 g/mol. The molecule has 0 heterocycles. The highest BCUT2D eigenvalue weighted by Crippen LogP contribution is 2.30. The molecule has 1 aromatic carbocycles. The van der Waals surface area contributed by atoms with Crippen LogP contribution in [0.4, 0.5) is 0 Å². The average Bonchev–Trinajstić information content (AvgIpc) is 2.23. The van der Waals surface area contributed by atoms with Crippen LogP contribution in [0.15, 0.2) is 24.3 Å². The van der Waals surface area contributed by atoms with Crippen LogP contribution in [0.2, 0.25) is 0 Å². The molecule has 1 heteroatoms. The predicted molar refractivity (Wildman–Crippen MR) is 63.3 cm³/mol. The van der Waals surface area contributed by atoms with E-state index in [9.17, 15) is 0 Å². The number of methoxy groups -OCH3 is 1. The fourth-order valence-electron chi connectivity index (χ4n) is 2.17. The molecule has 0 aromatic heterocycles. The smallest absolute Gasteiger partial charge is 0.118 e. The molecule has 1 fully saturated rings. The quantitative estimate of drug-likeness (QED) is 0.708. The van der Waals surface area contributed by atoms with Gasteiger partial charge in [0.25, 0.3) is 0 Å². The lowest BCUT2D eigenvalue weighted by Gasteiger charge is -2.24. The summed E-state index contributed by atoms with van der Waals surface area (Å²) in [6, 6.07) is 8.47. The fourth-order valence-corrected chi connectivity index (χ4v) is 2.17. The number of rotatable bonds is 5. The minimum Gasteiger partial charge on any atom is -0.497 e. The van der Waals surface area contributed by atoms with Gasteiger partial charge in [-0.2, -0.15) is 0 Å². The zero-order valence-corrected chi connectivity index (χ0v) is 9.54. The Bertz CT molecular complexity index is 285. The monoisotopic (exact) mass is 204 g/mol. The lowest BCUT2D eigenvalue weighted by atomic mass is 9.81. The molecule has 15 heavy (non-hydrogen) atoms. The van der Waals surface area contributed by atoms with Gasteiger partial charge in [-0.1, -0.05) is 37.8 Å². The second kappa shape index (κ2) is 5.20. The van der Waals surface area contributed by atoms with Gasteiger partial charge in [0.1, 0.15) is 5.75 Å². The van der Waals surface area contributed by atoms with Gasteiger partial charge in [0.15, 0.2) is 0 Å². The first-order valence-corrected chi connectivity index (χ1v) is 6.01. The number of hydrogen-bond donors (Lipinski definition) is 0. The van der Waals surface area contributed by atoms with E-state index in [0.29, 0.717) is 0 Å². The Balaban J connectivity index is 1.72. The topological polar surface area (TPSA) is 9.23 Å². The molecule has 1 aliphatic rings. The van der Waals surface area contributed by atoms with Crippen LogP contribution in [0.25, 0.3) is 0 Å². The predicted octanol–water partition coefficient (Wildman–Crippen LogP) is 3.82. The highest BCUT2D eigenvalue weighted by atomic mass is 16.5. The van der Waals surface area contributed by atoms with E-state index in [1.807, 2.05) is 0 Å². The minimum absolute atomic E-state index is 0.956. The summed E-state index contributed by atoms with van der Waals surface area (Å²) in [6.45, 7) is 0. The Kier molecular flexibility index (Phi) is 3.65. The number of benzene rings is 1. The molecule has 0 aliphatic heterocycles. The van der Waals surface area contributed by atoms with Crippen LogP contribution in [-0.2, 0) is 6.42 Å². The summed E-state index contributed by atoms with van der Waals surface area (Å²) in [5.41, 5.74) is 1.44. The normalized spacial score (nSPS) is 16.1. The third-order valence-corrected chi connectivity index (χ3v) is 3.46. The van der Waals surface area contributed by atoms with E-state index < -0.39 is 0 Å². The van der Waals surface area contributed by atoms with Gasteiger partial charge in [0.2, 0.25) is 0 Å². The molecule has 0 spiro atoms. The molecule has 0 radical (unpaired) electrons. The van der Waals surface area contributed by atoms with E-state index >= 15 is 0 Å². The molecule has 1 saturated carbocycles. The van der Waals surface area contributed by atoms with Crippen LogP contribution in [0.5, 0.6) is 5.75 Å². The third-order valence-electron chi connectivity index (χ3n) is 3.46. The Morgan fingerprint density at radius 1 is 1.20 bits per heavy atom. The molecule has 0 saturated heterocycles. The van der Waals surface area contributed by atoms with Crippen molar-refractivity contribution < 1.29 is 4.74 Å². The maximum Gasteiger partial charge on any atom is 0.118 e. The summed E-state index contributed by atoms with van der Waals surface area (Å²) in [4.78, 5) is 0. The van der Waals surface area contributed by atoms with Crippen molar-refractivity contribution in [2.45, 2.75) is 38.5 Å². The Morgan fingerprint density at radius 3 is 2.47 bits per heavy atom. The zero-order chi connectivity index (χ0) is 10.5. The molecule has 1 aliphatic carbocycles. The zero-order valence-electron chi connectivity index (χ0n) is 9.54. The molecule has 0 atom stereocenters. The first-order valence-electron chi connectivity index (χ1n) is 6.01. The molecule has 1 aromatic rings. The van der Waals surface area contributed by atoms with Crippen molar-refractivity contribution in [2.24, 2.45) is 5.92 Å².